The van der Waals surface area contributed by atoms with E-state index < -0.39 is 0 Å². The van der Waals surface area contributed by atoms with E-state index in [0.29, 0.717) is 5.56 Å². The maximum atomic E-state index is 8.28. The first-order chi connectivity index (χ1) is 4.33. The Morgan fingerprint density at radius 3 is 2.78 bits per heavy atom. The van der Waals surface area contributed by atoms with E-state index in [4.69, 9.17) is 12.2 Å². The minimum atomic E-state index is 0.189. The largest absolute Gasteiger partial charge is 0.259 e. The summed E-state index contributed by atoms with van der Waals surface area (Å²) in [6.07, 6.45) is 1.38. The maximum Gasteiger partial charge on any atom is 0.101 e. The van der Waals surface area contributed by atoms with Crippen LogP contribution in [-0.4, -0.2) is 4.98 Å². The molecule has 0 aliphatic carbocycles. The summed E-state index contributed by atoms with van der Waals surface area (Å²) in [5.74, 6) is 0. The zero-order valence-corrected chi connectivity index (χ0v) is 4.63. The van der Waals surface area contributed by atoms with Gasteiger partial charge in [-0.2, -0.15) is 5.26 Å². The third kappa shape index (κ3) is 1.26. The normalized spacial score (nSPS) is 8.44. The van der Waals surface area contributed by atoms with Gasteiger partial charge in [-0.1, -0.05) is 0 Å². The van der Waals surface area contributed by atoms with E-state index in [9.17, 15) is 0 Å². The smallest absolute Gasteiger partial charge is 0.101 e. The second-order valence-electron chi connectivity index (χ2n) is 1.54. The van der Waals surface area contributed by atoms with Crippen LogP contribution in [0.2, 0.25) is 0 Å². The molecule has 1 heterocycles. The van der Waals surface area contributed by atoms with Crippen molar-refractivity contribution in [3.63, 3.8) is 0 Å². The zero-order valence-electron chi connectivity index (χ0n) is 4.63. The van der Waals surface area contributed by atoms with Crippen LogP contribution in [0, 0.1) is 18.3 Å². The van der Waals surface area contributed by atoms with Gasteiger partial charge in [-0.15, -0.1) is 0 Å². The Kier molecular flexibility index (Phi) is 1.46. The quantitative estimate of drug-likeness (QED) is 0.492. The van der Waals surface area contributed by atoms with Gasteiger partial charge in [0.1, 0.15) is 6.07 Å². The van der Waals surface area contributed by atoms with Crippen molar-refractivity contribution < 1.29 is 0 Å². The Bertz CT molecular complexity index is 230. The molecule has 41 valence electrons. The summed E-state index contributed by atoms with van der Waals surface area (Å²) in [4.78, 5) is 3.59. The van der Waals surface area contributed by atoms with Crippen molar-refractivity contribution in [2.45, 2.75) is 0 Å². The van der Waals surface area contributed by atoms with Crippen molar-refractivity contribution in [3.05, 3.63) is 36.5 Å². The molecular weight excluding hydrogens is 103 g/mol. The van der Waals surface area contributed by atoms with Crippen molar-refractivity contribution in [2.75, 3.05) is 0 Å². The standard InChI is InChI=1S/C7H3N2/c1-6-2-3-7(4-8)5-9-6/h2-3,5H/i1-9. The van der Waals surface area contributed by atoms with E-state index in [1.54, 1.807) is 6.07 Å². The molecular formula is C7H3N2. The van der Waals surface area contributed by atoms with Crippen LogP contribution < -0.4 is 0 Å². The lowest BCUT2D eigenvalue weighted by Crippen LogP contribution is -1.79. The lowest BCUT2D eigenvalue weighted by molar-refractivity contribution is 1.25. The first kappa shape index (κ1) is 5.77. The molecule has 0 saturated carbocycles. The van der Waals surface area contributed by atoms with Gasteiger partial charge in [0.15, 0.2) is 0 Å². The maximum absolute atomic E-state index is 8.28. The highest BCUT2D eigenvalue weighted by molar-refractivity contribution is 5.26. The van der Waals surface area contributed by atoms with Crippen molar-refractivity contribution in [1.82, 2.24) is 4.98 Å². The van der Waals surface area contributed by atoms with Crippen LogP contribution in [0.4, 0.5) is 0 Å². The highest BCUT2D eigenvalue weighted by Crippen LogP contribution is 1.95. The summed E-state index contributed by atoms with van der Waals surface area (Å²) < 4.78 is 0. The van der Waals surface area contributed by atoms with Crippen molar-refractivity contribution in [3.8, 4) is 6.07 Å². The summed E-state index contributed by atoms with van der Waals surface area (Å²) in [6.45, 7) is 6.95. The molecule has 9 heavy (non-hydrogen) atoms. The van der Waals surface area contributed by atoms with Crippen molar-refractivity contribution in [1.29, 1.82) is 5.26 Å². The van der Waals surface area contributed by atoms with Gasteiger partial charge in [0.05, 0.1) is 12.5 Å². The molecule has 0 bridgehead atoms. The first-order valence-corrected chi connectivity index (χ1v) is 2.40. The van der Waals surface area contributed by atoms with Crippen molar-refractivity contribution in [2.24, 2.45) is 0 Å². The van der Waals surface area contributed by atoms with E-state index in [2.05, 4.69) is 4.98 Å². The second-order valence-corrected chi connectivity index (χ2v) is 1.54. The van der Waals surface area contributed by atoms with Crippen molar-refractivity contribution >= 4 is 0 Å². The molecule has 1 aromatic rings. The number of aromatic nitrogens is 1. The SMILES string of the molecule is [3C]c1ccc(C#N)cn1. The molecule has 0 saturated heterocycles. The summed E-state index contributed by atoms with van der Waals surface area (Å²) >= 11 is 0. The average molecular weight is 106 g/mol. The van der Waals surface area contributed by atoms with E-state index in [0.717, 1.165) is 0 Å². The molecule has 1 rings (SSSR count). The van der Waals surface area contributed by atoms with Gasteiger partial charge in [0, 0.05) is 11.9 Å². The molecule has 1 aromatic heterocycles. The Balaban J connectivity index is 3.06. The minimum Gasteiger partial charge on any atom is -0.259 e. The Hall–Kier alpha value is -1.36. The minimum absolute atomic E-state index is 0.189. The Morgan fingerprint density at radius 1 is 1.56 bits per heavy atom. The first-order valence-electron chi connectivity index (χ1n) is 2.40. The Labute approximate surface area is 53.8 Å². The number of hydrogen-bond acceptors (Lipinski definition) is 2. The molecule has 0 aliphatic rings. The fraction of sp³-hybridized carbons (Fsp3) is 0. The zero-order chi connectivity index (χ0) is 6.69. The number of nitrogens with zero attached hydrogens (tertiary/aromatic N) is 2. The van der Waals surface area contributed by atoms with E-state index in [1.165, 1.54) is 12.3 Å². The molecule has 0 amide bonds. The summed E-state index contributed by atoms with van der Waals surface area (Å²) in [7, 11) is 0. The van der Waals surface area contributed by atoms with Gasteiger partial charge in [-0.05, 0) is 12.1 Å². The average Bonchev–Trinajstić information content (AvgIpc) is 1.90. The van der Waals surface area contributed by atoms with E-state index in [-0.39, 0.29) is 5.69 Å². The summed E-state index contributed by atoms with van der Waals surface area (Å²) in [5, 5.41) is 8.28. The molecule has 0 fully saturated rings. The number of rotatable bonds is 0. The topological polar surface area (TPSA) is 36.7 Å². The molecule has 0 atom stereocenters. The molecule has 0 aromatic carbocycles. The molecule has 0 aliphatic heterocycles. The summed E-state index contributed by atoms with van der Waals surface area (Å²) in [6, 6.07) is 4.96. The van der Waals surface area contributed by atoms with Gasteiger partial charge in [0.2, 0.25) is 0 Å². The van der Waals surface area contributed by atoms with E-state index in [1.807, 2.05) is 6.07 Å². The molecule has 0 spiro atoms. The van der Waals surface area contributed by atoms with Gasteiger partial charge in [0.25, 0.3) is 0 Å². The van der Waals surface area contributed by atoms with Crippen LogP contribution in [-0.2, 0) is 0 Å². The van der Waals surface area contributed by atoms with Crippen LogP contribution in [0.25, 0.3) is 0 Å². The lowest BCUT2D eigenvalue weighted by atomic mass is 2.89. The van der Waals surface area contributed by atoms with E-state index >= 15 is 0 Å². The fourth-order valence-electron chi connectivity index (χ4n) is 0.460. The highest BCUT2D eigenvalue weighted by Gasteiger charge is 1.86. The molecule has 3 radical (unpaired) electrons. The lowest BCUT2D eigenvalue weighted by Gasteiger charge is -1.86. The highest BCUT2D eigenvalue weighted by atomic mass is 14.6. The Morgan fingerprint density at radius 2 is 2.33 bits per heavy atom. The third-order valence-corrected chi connectivity index (χ3v) is 0.893. The number of nitriles is 1. The number of hydrogen-bond donors (Lipinski definition) is 0. The van der Waals surface area contributed by atoms with Crippen LogP contribution in [0.5, 0.6) is 0 Å². The van der Waals surface area contributed by atoms with Crippen LogP contribution in [0.1, 0.15) is 11.3 Å². The van der Waals surface area contributed by atoms with Crippen LogP contribution in [0.3, 0.4) is 0 Å². The van der Waals surface area contributed by atoms with Gasteiger partial charge >= 0.3 is 0 Å². The molecule has 2 heteroatoms. The second kappa shape index (κ2) is 2.27. The third-order valence-electron chi connectivity index (χ3n) is 0.893. The molecule has 2 nitrogen and oxygen atoms in total. The summed E-state index contributed by atoms with van der Waals surface area (Å²) in [5.41, 5.74) is 0.681. The molecule has 0 N–H and O–H groups in total. The molecule has 0 unspecified atom stereocenters. The van der Waals surface area contributed by atoms with Gasteiger partial charge in [-0.3, -0.25) is 4.98 Å². The van der Waals surface area contributed by atoms with Gasteiger partial charge in [-0.25, -0.2) is 0 Å². The fourth-order valence-corrected chi connectivity index (χ4v) is 0.460. The number of pyridine rings is 1. The van der Waals surface area contributed by atoms with Crippen LogP contribution in [0.15, 0.2) is 18.3 Å². The predicted molar refractivity (Wildman–Crippen MR) is 31.3 cm³/mol. The van der Waals surface area contributed by atoms with Gasteiger partial charge < -0.3 is 0 Å². The van der Waals surface area contributed by atoms with Crippen LogP contribution >= 0.6 is 0 Å². The predicted octanol–water partition coefficient (Wildman–Crippen LogP) is 0.889. The monoisotopic (exact) mass is 106 g/mol.